The fraction of sp³-hybridized carbons (Fsp3) is 0.273. The number of phenolic OH excluding ortho intramolecular Hbond substituents is 2. The summed E-state index contributed by atoms with van der Waals surface area (Å²) in [5.74, 6) is -1.10. The zero-order valence-corrected chi connectivity index (χ0v) is 16.9. The van der Waals surface area contributed by atoms with Gasteiger partial charge >= 0.3 is 0 Å². The van der Waals surface area contributed by atoms with E-state index in [9.17, 15) is 10.2 Å². The molecule has 0 aliphatic heterocycles. The minimum atomic E-state index is -0.833. The van der Waals surface area contributed by atoms with Gasteiger partial charge in [-0.2, -0.15) is 0 Å². The molecular weight excluding hydrogens is 360 g/mol. The third-order valence-corrected chi connectivity index (χ3v) is 3.80. The summed E-state index contributed by atoms with van der Waals surface area (Å²) in [5.41, 5.74) is 4.16. The Labute approximate surface area is 165 Å². The van der Waals surface area contributed by atoms with Gasteiger partial charge in [-0.25, -0.2) is 0 Å². The molecule has 0 heterocycles. The highest BCUT2D eigenvalue weighted by Gasteiger charge is 2.15. The molecule has 0 unspecified atom stereocenters. The van der Waals surface area contributed by atoms with Crippen molar-refractivity contribution >= 4 is 18.0 Å². The lowest BCUT2D eigenvalue weighted by Gasteiger charge is -2.14. The predicted octanol–water partition coefficient (Wildman–Crippen LogP) is 4.46. The molecule has 4 N–H and O–H groups in total. The van der Waals surface area contributed by atoms with E-state index in [1.54, 1.807) is 0 Å². The van der Waals surface area contributed by atoms with Crippen LogP contribution < -0.4 is 0 Å². The van der Waals surface area contributed by atoms with E-state index in [0.717, 1.165) is 41.7 Å². The highest BCUT2D eigenvalue weighted by Crippen LogP contribution is 2.36. The number of aliphatic carboxylic acids is 2. The van der Waals surface area contributed by atoms with Crippen molar-refractivity contribution in [3.63, 3.8) is 0 Å². The molecule has 152 valence electrons. The Morgan fingerprint density at radius 1 is 0.821 bits per heavy atom. The van der Waals surface area contributed by atoms with Crippen molar-refractivity contribution in [1.29, 1.82) is 0 Å². The maximum absolute atomic E-state index is 10.2. The Hall–Kier alpha value is -3.28. The number of aromatic hydroxyl groups is 2. The van der Waals surface area contributed by atoms with Crippen LogP contribution in [0.4, 0.5) is 0 Å². The van der Waals surface area contributed by atoms with Crippen molar-refractivity contribution in [1.82, 2.24) is 0 Å². The SMILES string of the molecule is CC(=O)O.CC(=O)O.Cc1c(C)c(O)c(CC=Cc2ccccc2)c(C)c1O. The van der Waals surface area contributed by atoms with Gasteiger partial charge in [-0.3, -0.25) is 9.59 Å². The van der Waals surface area contributed by atoms with Gasteiger partial charge in [0.05, 0.1) is 0 Å². The highest BCUT2D eigenvalue weighted by molar-refractivity contribution is 5.63. The van der Waals surface area contributed by atoms with Gasteiger partial charge in [0, 0.05) is 19.4 Å². The number of phenols is 2. The van der Waals surface area contributed by atoms with E-state index >= 15 is 0 Å². The van der Waals surface area contributed by atoms with Crippen LogP contribution in [0.3, 0.4) is 0 Å². The maximum Gasteiger partial charge on any atom is 0.300 e. The third kappa shape index (κ3) is 8.89. The molecule has 0 aliphatic carbocycles. The van der Waals surface area contributed by atoms with Crippen LogP contribution in [0.2, 0.25) is 0 Å². The summed E-state index contributed by atoms with van der Waals surface area (Å²) < 4.78 is 0. The van der Waals surface area contributed by atoms with Crippen LogP contribution in [0.1, 0.15) is 41.7 Å². The fourth-order valence-corrected chi connectivity index (χ4v) is 2.31. The standard InChI is InChI=1S/C18H20O2.2C2H4O2/c1-12-13(2)18(20)16(14(3)17(12)19)11-7-10-15-8-5-4-6-9-15;2*1-2(3)4/h4-10,19-20H,11H2,1-3H3;2*1H3,(H,3,4). The second-order valence-corrected chi connectivity index (χ2v) is 6.11. The summed E-state index contributed by atoms with van der Waals surface area (Å²) in [6.45, 7) is 7.66. The van der Waals surface area contributed by atoms with E-state index in [1.807, 2.05) is 63.3 Å². The first-order valence-corrected chi connectivity index (χ1v) is 8.60. The van der Waals surface area contributed by atoms with Crippen LogP contribution in [0.25, 0.3) is 6.08 Å². The van der Waals surface area contributed by atoms with E-state index in [2.05, 4.69) is 0 Å². The molecule has 0 radical (unpaired) electrons. The number of hydrogen-bond donors (Lipinski definition) is 4. The Kier molecular flexibility index (Phi) is 10.7. The summed E-state index contributed by atoms with van der Waals surface area (Å²) in [6.07, 6.45) is 4.62. The Morgan fingerprint density at radius 3 is 1.71 bits per heavy atom. The van der Waals surface area contributed by atoms with Crippen LogP contribution >= 0.6 is 0 Å². The minimum absolute atomic E-state index is 0.281. The van der Waals surface area contributed by atoms with Crippen molar-refractivity contribution in [3.8, 4) is 11.5 Å². The molecular formula is C22H28O6. The Balaban J connectivity index is 0.000000776. The number of carboxylic acid groups (broad SMARTS) is 2. The molecule has 0 saturated carbocycles. The first-order valence-electron chi connectivity index (χ1n) is 8.60. The molecule has 6 nitrogen and oxygen atoms in total. The van der Waals surface area contributed by atoms with Gasteiger partial charge in [0.1, 0.15) is 11.5 Å². The normalized spacial score (nSPS) is 9.75. The molecule has 6 heteroatoms. The van der Waals surface area contributed by atoms with Crippen molar-refractivity contribution < 1.29 is 30.0 Å². The average Bonchev–Trinajstić information content (AvgIpc) is 2.61. The monoisotopic (exact) mass is 388 g/mol. The van der Waals surface area contributed by atoms with Crippen LogP contribution in [-0.4, -0.2) is 32.4 Å². The van der Waals surface area contributed by atoms with Gasteiger partial charge in [0.2, 0.25) is 0 Å². The number of benzene rings is 2. The second kappa shape index (κ2) is 12.2. The topological polar surface area (TPSA) is 115 Å². The van der Waals surface area contributed by atoms with Gasteiger partial charge in [-0.1, -0.05) is 42.5 Å². The molecule has 0 atom stereocenters. The molecule has 0 spiro atoms. The van der Waals surface area contributed by atoms with Crippen LogP contribution in [0.15, 0.2) is 36.4 Å². The van der Waals surface area contributed by atoms with E-state index in [0.29, 0.717) is 6.42 Å². The number of allylic oxidation sites excluding steroid dienone is 1. The molecule has 0 fully saturated rings. The van der Waals surface area contributed by atoms with Gasteiger partial charge in [0.15, 0.2) is 0 Å². The third-order valence-electron chi connectivity index (χ3n) is 3.80. The van der Waals surface area contributed by atoms with E-state index in [4.69, 9.17) is 19.8 Å². The first-order chi connectivity index (χ1) is 13.0. The van der Waals surface area contributed by atoms with E-state index in [1.165, 1.54) is 0 Å². The Morgan fingerprint density at radius 2 is 1.25 bits per heavy atom. The number of hydrogen-bond acceptors (Lipinski definition) is 4. The fourth-order valence-electron chi connectivity index (χ4n) is 2.31. The molecule has 0 aliphatic rings. The lowest BCUT2D eigenvalue weighted by atomic mass is 9.95. The molecule has 28 heavy (non-hydrogen) atoms. The van der Waals surface area contributed by atoms with Crippen LogP contribution in [-0.2, 0) is 16.0 Å². The maximum atomic E-state index is 10.2. The number of carboxylic acids is 2. The van der Waals surface area contributed by atoms with Crippen LogP contribution in [0.5, 0.6) is 11.5 Å². The molecule has 2 rings (SSSR count). The summed E-state index contributed by atoms with van der Waals surface area (Å²) in [7, 11) is 0. The molecule has 0 saturated heterocycles. The molecule has 2 aromatic carbocycles. The molecule has 0 bridgehead atoms. The molecule has 0 aromatic heterocycles. The van der Waals surface area contributed by atoms with Gasteiger partial charge in [-0.05, 0) is 49.4 Å². The van der Waals surface area contributed by atoms with Gasteiger partial charge in [-0.15, -0.1) is 0 Å². The largest absolute Gasteiger partial charge is 0.507 e. The van der Waals surface area contributed by atoms with Crippen molar-refractivity contribution in [3.05, 3.63) is 64.2 Å². The van der Waals surface area contributed by atoms with Crippen molar-refractivity contribution in [2.24, 2.45) is 0 Å². The highest BCUT2D eigenvalue weighted by atomic mass is 16.4. The van der Waals surface area contributed by atoms with E-state index < -0.39 is 11.9 Å². The second-order valence-electron chi connectivity index (χ2n) is 6.11. The van der Waals surface area contributed by atoms with Crippen molar-refractivity contribution in [2.75, 3.05) is 0 Å². The lowest BCUT2D eigenvalue weighted by Crippen LogP contribution is -1.95. The summed E-state index contributed by atoms with van der Waals surface area (Å²) in [5, 5.41) is 35.1. The van der Waals surface area contributed by atoms with Gasteiger partial charge < -0.3 is 20.4 Å². The first kappa shape index (κ1) is 24.7. The average molecular weight is 388 g/mol. The van der Waals surface area contributed by atoms with E-state index in [-0.39, 0.29) is 11.5 Å². The zero-order chi connectivity index (χ0) is 21.9. The summed E-state index contributed by atoms with van der Waals surface area (Å²) in [4.78, 5) is 18.0. The minimum Gasteiger partial charge on any atom is -0.507 e. The van der Waals surface area contributed by atoms with Gasteiger partial charge in [0.25, 0.3) is 11.9 Å². The van der Waals surface area contributed by atoms with Crippen LogP contribution in [0, 0.1) is 20.8 Å². The number of rotatable bonds is 3. The Bertz CT molecular complexity index is 774. The summed E-state index contributed by atoms with van der Waals surface area (Å²) in [6, 6.07) is 10.0. The lowest BCUT2D eigenvalue weighted by molar-refractivity contribution is -0.135. The molecule has 0 amide bonds. The number of carbonyl (C=O) groups is 2. The summed E-state index contributed by atoms with van der Waals surface area (Å²) >= 11 is 0. The molecule has 2 aromatic rings. The smallest absolute Gasteiger partial charge is 0.300 e. The quantitative estimate of drug-likeness (QED) is 0.577. The predicted molar refractivity (Wildman–Crippen MR) is 110 cm³/mol. The van der Waals surface area contributed by atoms with Crippen molar-refractivity contribution in [2.45, 2.75) is 41.0 Å². The zero-order valence-electron chi connectivity index (χ0n) is 16.9.